The van der Waals surface area contributed by atoms with Crippen LogP contribution in [0.2, 0.25) is 0 Å². The fourth-order valence-corrected chi connectivity index (χ4v) is 2.39. The third-order valence-electron chi connectivity index (χ3n) is 3.63. The summed E-state index contributed by atoms with van der Waals surface area (Å²) in [6.07, 6.45) is 0. The average molecular weight is 279 g/mol. The normalized spacial score (nSPS) is 21.7. The van der Waals surface area contributed by atoms with Gasteiger partial charge in [-0.15, -0.1) is 0 Å². The van der Waals surface area contributed by atoms with E-state index in [1.165, 1.54) is 23.1 Å². The molecular weight excluding hydrogens is 262 g/mol. The smallest absolute Gasteiger partial charge is 0.311 e. The molecule has 2 atom stereocenters. The second-order valence-electron chi connectivity index (χ2n) is 4.96. The minimum atomic E-state index is -0.963. The molecule has 1 saturated heterocycles. The lowest BCUT2D eigenvalue weighted by atomic mass is 10.0. The van der Waals surface area contributed by atoms with Gasteiger partial charge in [0.05, 0.1) is 19.3 Å². The van der Waals surface area contributed by atoms with Gasteiger partial charge in [-0.2, -0.15) is 0 Å². The SMILES string of the molecule is Cc1cc(O)ccc1C(=O)N(C)C1COCC1C(=O)O. The molecule has 108 valence electrons. The lowest BCUT2D eigenvalue weighted by Gasteiger charge is -2.27. The zero-order valence-corrected chi connectivity index (χ0v) is 11.4. The highest BCUT2D eigenvalue weighted by Crippen LogP contribution is 2.23. The Kier molecular flexibility index (Phi) is 3.94. The van der Waals surface area contributed by atoms with Gasteiger partial charge in [-0.3, -0.25) is 9.59 Å². The summed E-state index contributed by atoms with van der Waals surface area (Å²) in [6, 6.07) is 4.00. The van der Waals surface area contributed by atoms with E-state index in [-0.39, 0.29) is 24.9 Å². The number of ether oxygens (including phenoxy) is 1. The number of carboxylic acid groups (broad SMARTS) is 1. The number of aryl methyl sites for hydroxylation is 1. The predicted octanol–water partition coefficient (Wildman–Crippen LogP) is 0.872. The number of hydrogen-bond acceptors (Lipinski definition) is 4. The van der Waals surface area contributed by atoms with Crippen LogP contribution < -0.4 is 0 Å². The third-order valence-corrected chi connectivity index (χ3v) is 3.63. The minimum absolute atomic E-state index is 0.0920. The number of aromatic hydroxyl groups is 1. The number of nitrogens with zero attached hydrogens (tertiary/aromatic N) is 1. The first-order valence-corrected chi connectivity index (χ1v) is 6.29. The molecule has 6 nitrogen and oxygen atoms in total. The van der Waals surface area contributed by atoms with Gasteiger partial charge in [0.15, 0.2) is 0 Å². The molecule has 0 aromatic heterocycles. The van der Waals surface area contributed by atoms with E-state index >= 15 is 0 Å². The Morgan fingerprint density at radius 3 is 2.65 bits per heavy atom. The lowest BCUT2D eigenvalue weighted by Crippen LogP contribution is -2.44. The van der Waals surface area contributed by atoms with Crippen LogP contribution in [0.25, 0.3) is 0 Å². The van der Waals surface area contributed by atoms with Crippen LogP contribution in [-0.4, -0.2) is 53.3 Å². The van der Waals surface area contributed by atoms with E-state index < -0.39 is 17.9 Å². The van der Waals surface area contributed by atoms with Crippen LogP contribution in [0.15, 0.2) is 18.2 Å². The van der Waals surface area contributed by atoms with E-state index in [0.29, 0.717) is 11.1 Å². The van der Waals surface area contributed by atoms with E-state index in [1.54, 1.807) is 14.0 Å². The van der Waals surface area contributed by atoms with E-state index in [0.717, 1.165) is 0 Å². The predicted molar refractivity (Wildman–Crippen MR) is 70.7 cm³/mol. The summed E-state index contributed by atoms with van der Waals surface area (Å²) in [4.78, 5) is 25.0. The first-order chi connectivity index (χ1) is 9.41. The van der Waals surface area contributed by atoms with E-state index in [4.69, 9.17) is 9.84 Å². The van der Waals surface area contributed by atoms with Crippen LogP contribution in [-0.2, 0) is 9.53 Å². The van der Waals surface area contributed by atoms with Crippen molar-refractivity contribution in [1.82, 2.24) is 4.90 Å². The van der Waals surface area contributed by atoms with E-state index in [9.17, 15) is 14.7 Å². The van der Waals surface area contributed by atoms with Crippen molar-refractivity contribution in [3.8, 4) is 5.75 Å². The number of hydrogen-bond donors (Lipinski definition) is 2. The van der Waals surface area contributed by atoms with Crippen molar-refractivity contribution in [2.24, 2.45) is 5.92 Å². The van der Waals surface area contributed by atoms with Crippen LogP contribution in [0.4, 0.5) is 0 Å². The van der Waals surface area contributed by atoms with Gasteiger partial charge in [0.1, 0.15) is 11.7 Å². The highest BCUT2D eigenvalue weighted by molar-refractivity contribution is 5.96. The second kappa shape index (κ2) is 5.50. The van der Waals surface area contributed by atoms with Crippen LogP contribution >= 0.6 is 0 Å². The molecule has 0 bridgehead atoms. The molecule has 1 amide bonds. The molecule has 1 aromatic rings. The number of benzene rings is 1. The maximum atomic E-state index is 12.4. The van der Waals surface area contributed by atoms with Crippen molar-refractivity contribution < 1.29 is 24.5 Å². The Bertz CT molecular complexity index is 542. The first kappa shape index (κ1) is 14.3. The number of amides is 1. The van der Waals surface area contributed by atoms with Gasteiger partial charge in [0, 0.05) is 12.6 Å². The van der Waals surface area contributed by atoms with Crippen molar-refractivity contribution in [2.45, 2.75) is 13.0 Å². The molecule has 0 aliphatic carbocycles. The zero-order valence-electron chi connectivity index (χ0n) is 11.4. The maximum absolute atomic E-state index is 12.4. The van der Waals surface area contributed by atoms with Gasteiger partial charge in [-0.05, 0) is 30.7 Å². The van der Waals surface area contributed by atoms with Gasteiger partial charge in [0.25, 0.3) is 5.91 Å². The molecule has 1 fully saturated rings. The van der Waals surface area contributed by atoms with Gasteiger partial charge in [-0.25, -0.2) is 0 Å². The number of rotatable bonds is 3. The first-order valence-electron chi connectivity index (χ1n) is 6.29. The van der Waals surface area contributed by atoms with Crippen LogP contribution in [0.5, 0.6) is 5.75 Å². The summed E-state index contributed by atoms with van der Waals surface area (Å²) in [6.45, 7) is 2.06. The minimum Gasteiger partial charge on any atom is -0.508 e. The zero-order chi connectivity index (χ0) is 14.9. The molecule has 2 rings (SSSR count). The van der Waals surface area contributed by atoms with Gasteiger partial charge in [0.2, 0.25) is 0 Å². The Morgan fingerprint density at radius 2 is 2.05 bits per heavy atom. The summed E-state index contributed by atoms with van der Waals surface area (Å²) < 4.78 is 5.17. The summed E-state index contributed by atoms with van der Waals surface area (Å²) >= 11 is 0. The molecule has 0 saturated carbocycles. The van der Waals surface area contributed by atoms with Gasteiger partial charge < -0.3 is 19.8 Å². The monoisotopic (exact) mass is 279 g/mol. The van der Waals surface area contributed by atoms with E-state index in [2.05, 4.69) is 0 Å². The second-order valence-corrected chi connectivity index (χ2v) is 4.96. The number of carboxylic acids is 1. The van der Waals surface area contributed by atoms with Crippen LogP contribution in [0.3, 0.4) is 0 Å². The Balaban J connectivity index is 2.22. The molecule has 1 heterocycles. The van der Waals surface area contributed by atoms with Gasteiger partial charge >= 0.3 is 5.97 Å². The Hall–Kier alpha value is -2.08. The molecule has 1 aromatic carbocycles. The average Bonchev–Trinajstić information content (AvgIpc) is 2.86. The topological polar surface area (TPSA) is 87.1 Å². The van der Waals surface area contributed by atoms with Gasteiger partial charge in [-0.1, -0.05) is 0 Å². The standard InChI is InChI=1S/C14H17NO5/c1-8-5-9(16)3-4-10(8)13(17)15(2)12-7-20-6-11(12)14(18)19/h3-5,11-12,16H,6-7H2,1-2H3,(H,18,19). The van der Waals surface area contributed by atoms with Crippen molar-refractivity contribution in [3.63, 3.8) is 0 Å². The lowest BCUT2D eigenvalue weighted by molar-refractivity contribution is -0.142. The molecule has 1 aliphatic heterocycles. The summed E-state index contributed by atoms with van der Waals surface area (Å²) in [7, 11) is 1.57. The molecule has 0 spiro atoms. The fraction of sp³-hybridized carbons (Fsp3) is 0.429. The molecule has 0 radical (unpaired) electrons. The number of carbonyl (C=O) groups excluding carboxylic acids is 1. The summed E-state index contributed by atoms with van der Waals surface area (Å²) in [5, 5.41) is 18.5. The number of likely N-dealkylation sites (N-methyl/N-ethyl adjacent to an activating group) is 1. The van der Waals surface area contributed by atoms with Crippen LogP contribution in [0.1, 0.15) is 15.9 Å². The highest BCUT2D eigenvalue weighted by Gasteiger charge is 2.38. The summed E-state index contributed by atoms with van der Waals surface area (Å²) in [5.74, 6) is -1.85. The fourth-order valence-electron chi connectivity index (χ4n) is 2.39. The largest absolute Gasteiger partial charge is 0.508 e. The molecule has 1 aliphatic rings. The number of aliphatic carboxylic acids is 1. The highest BCUT2D eigenvalue weighted by atomic mass is 16.5. The van der Waals surface area contributed by atoms with Crippen molar-refractivity contribution in [1.29, 1.82) is 0 Å². The summed E-state index contributed by atoms with van der Waals surface area (Å²) in [5.41, 5.74) is 1.09. The van der Waals surface area contributed by atoms with Crippen molar-refractivity contribution in [2.75, 3.05) is 20.3 Å². The molecule has 20 heavy (non-hydrogen) atoms. The quantitative estimate of drug-likeness (QED) is 0.857. The van der Waals surface area contributed by atoms with E-state index in [1.807, 2.05) is 0 Å². The Morgan fingerprint density at radius 1 is 1.35 bits per heavy atom. The molecule has 2 unspecified atom stereocenters. The van der Waals surface area contributed by atoms with Crippen LogP contribution in [0, 0.1) is 12.8 Å². The number of carbonyl (C=O) groups is 2. The molecule has 2 N–H and O–H groups in total. The Labute approximate surface area is 116 Å². The molecular formula is C14H17NO5. The van der Waals surface area contributed by atoms with Crippen molar-refractivity contribution >= 4 is 11.9 Å². The van der Waals surface area contributed by atoms with Crippen molar-refractivity contribution in [3.05, 3.63) is 29.3 Å². The molecule has 6 heteroatoms. The third kappa shape index (κ3) is 2.60. The number of phenols is 1. The maximum Gasteiger partial charge on any atom is 0.311 e. The number of phenolic OH excluding ortho intramolecular Hbond substituents is 1.